The van der Waals surface area contributed by atoms with Crippen molar-refractivity contribution in [2.75, 3.05) is 5.32 Å². The molecule has 1 heterocycles. The van der Waals surface area contributed by atoms with E-state index >= 15 is 0 Å². The predicted molar refractivity (Wildman–Crippen MR) is 138 cm³/mol. The van der Waals surface area contributed by atoms with Crippen molar-refractivity contribution in [3.63, 3.8) is 0 Å². The number of nitrogens with one attached hydrogen (secondary N) is 1. The summed E-state index contributed by atoms with van der Waals surface area (Å²) in [6, 6.07) is 19.2. The van der Waals surface area contributed by atoms with Gasteiger partial charge in [-0.1, -0.05) is 62.4 Å². The summed E-state index contributed by atoms with van der Waals surface area (Å²) in [5, 5.41) is 22.2. The van der Waals surface area contributed by atoms with E-state index in [0.29, 0.717) is 31.4 Å². The number of benzene rings is 2. The van der Waals surface area contributed by atoms with Gasteiger partial charge in [-0.15, -0.1) is 0 Å². The van der Waals surface area contributed by atoms with Crippen LogP contribution in [-0.2, 0) is 11.3 Å². The number of hydrogen-bond donors (Lipinski definition) is 3. The van der Waals surface area contributed by atoms with E-state index < -0.39 is 12.1 Å². The van der Waals surface area contributed by atoms with Crippen LogP contribution in [0.3, 0.4) is 0 Å². The number of para-hydroxylation sites is 1. The Hall–Kier alpha value is -2.12. The molecule has 3 aromatic rings. The monoisotopic (exact) mass is 490 g/mol. The molecule has 7 heteroatoms. The number of aliphatic carboxylic acids is 1. The van der Waals surface area contributed by atoms with Crippen molar-refractivity contribution in [1.29, 1.82) is 0 Å². The van der Waals surface area contributed by atoms with Gasteiger partial charge < -0.3 is 23.0 Å². The SMILES string of the molecule is CC(C)c1c(C(=O)Nc2ccccc2)c(-c2ccccc2)cn1CCC(O)CCCC(=O)O.[Ca+2].[H-].[H-]. The molecule has 0 aliphatic carbocycles. The number of hydrogen-bond acceptors (Lipinski definition) is 3. The number of carboxylic acids is 1. The van der Waals surface area contributed by atoms with Crippen LogP contribution in [0.1, 0.15) is 64.4 Å². The van der Waals surface area contributed by atoms with Crippen molar-refractivity contribution in [3.8, 4) is 11.1 Å². The van der Waals surface area contributed by atoms with E-state index in [1.807, 2.05) is 66.9 Å². The fourth-order valence-corrected chi connectivity index (χ4v) is 4.09. The second kappa shape index (κ2) is 13.7. The number of aromatic nitrogens is 1. The first-order valence-electron chi connectivity index (χ1n) is 11.4. The molecule has 0 radical (unpaired) electrons. The third kappa shape index (κ3) is 7.70. The molecule has 178 valence electrons. The number of rotatable bonds is 11. The Balaban J connectivity index is 0.00000408. The van der Waals surface area contributed by atoms with Gasteiger partial charge in [-0.3, -0.25) is 9.59 Å². The molecule has 6 nitrogen and oxygen atoms in total. The molecule has 1 aromatic heterocycles. The summed E-state index contributed by atoms with van der Waals surface area (Å²) in [5.74, 6) is -0.927. The normalized spacial score (nSPS) is 11.6. The van der Waals surface area contributed by atoms with Crippen molar-refractivity contribution in [2.24, 2.45) is 0 Å². The van der Waals surface area contributed by atoms with Crippen LogP contribution in [0, 0.1) is 0 Å². The Labute approximate surface area is 234 Å². The number of carboxylic acid groups (broad SMARTS) is 1. The van der Waals surface area contributed by atoms with E-state index in [1.165, 1.54) is 0 Å². The van der Waals surface area contributed by atoms with Crippen LogP contribution in [-0.4, -0.2) is 70.5 Å². The molecule has 1 amide bonds. The molecule has 0 bridgehead atoms. The molecule has 1 atom stereocenters. The maximum atomic E-state index is 13.5. The van der Waals surface area contributed by atoms with Crippen molar-refractivity contribution in [1.82, 2.24) is 4.57 Å². The molecule has 0 saturated heterocycles. The molecule has 0 saturated carbocycles. The van der Waals surface area contributed by atoms with Gasteiger partial charge in [0.05, 0.1) is 11.7 Å². The summed E-state index contributed by atoms with van der Waals surface area (Å²) < 4.78 is 2.06. The van der Waals surface area contributed by atoms with Crippen LogP contribution < -0.4 is 5.32 Å². The zero-order chi connectivity index (χ0) is 23.8. The number of carbonyl (C=O) groups excluding carboxylic acids is 1. The molecule has 2 aromatic carbocycles. The molecule has 0 aliphatic rings. The molecular weight excluding hydrogens is 456 g/mol. The summed E-state index contributed by atoms with van der Waals surface area (Å²) in [6.07, 6.45) is 2.83. The van der Waals surface area contributed by atoms with Gasteiger partial charge in [0.25, 0.3) is 5.91 Å². The van der Waals surface area contributed by atoms with Crippen molar-refractivity contribution < 1.29 is 22.7 Å². The van der Waals surface area contributed by atoms with Crippen molar-refractivity contribution >= 4 is 55.3 Å². The molecule has 0 aliphatic heterocycles. The van der Waals surface area contributed by atoms with Crippen molar-refractivity contribution in [2.45, 2.75) is 58.1 Å². The summed E-state index contributed by atoms with van der Waals surface area (Å²) >= 11 is 0. The van der Waals surface area contributed by atoms with Crippen LogP contribution in [0.5, 0.6) is 0 Å². The minimum absolute atomic E-state index is 0. The number of carbonyl (C=O) groups is 2. The number of aliphatic hydroxyl groups is 1. The number of nitrogens with zero attached hydrogens (tertiary/aromatic N) is 1. The maximum Gasteiger partial charge on any atom is 2.00 e. The second-order valence-corrected chi connectivity index (χ2v) is 8.57. The number of anilines is 1. The summed E-state index contributed by atoms with van der Waals surface area (Å²) in [7, 11) is 0. The fourth-order valence-electron chi connectivity index (χ4n) is 4.09. The van der Waals surface area contributed by atoms with E-state index in [4.69, 9.17) is 5.11 Å². The Morgan fingerprint density at radius 3 is 2.21 bits per heavy atom. The first-order chi connectivity index (χ1) is 15.9. The Bertz CT molecular complexity index is 1080. The summed E-state index contributed by atoms with van der Waals surface area (Å²) in [4.78, 5) is 24.2. The minimum Gasteiger partial charge on any atom is -1.00 e. The molecular formula is C27H34CaN2O4. The molecule has 3 N–H and O–H groups in total. The van der Waals surface area contributed by atoms with Crippen molar-refractivity contribution in [3.05, 3.63) is 78.1 Å². The van der Waals surface area contributed by atoms with Crippen LogP contribution in [0.2, 0.25) is 0 Å². The average molecular weight is 491 g/mol. The third-order valence-electron chi connectivity index (χ3n) is 5.64. The molecule has 1 unspecified atom stereocenters. The summed E-state index contributed by atoms with van der Waals surface area (Å²) in [5.41, 5.74) is 4.10. The largest absolute Gasteiger partial charge is 2.00 e. The number of aliphatic hydroxyl groups excluding tert-OH is 1. The quantitative estimate of drug-likeness (QED) is 0.315. The molecule has 34 heavy (non-hydrogen) atoms. The Morgan fingerprint density at radius 1 is 1.00 bits per heavy atom. The average Bonchev–Trinajstić information content (AvgIpc) is 3.19. The van der Waals surface area contributed by atoms with E-state index in [-0.39, 0.29) is 58.8 Å². The smallest absolute Gasteiger partial charge is 1.00 e. The van der Waals surface area contributed by atoms with E-state index in [0.717, 1.165) is 22.5 Å². The van der Waals surface area contributed by atoms with Crippen LogP contribution >= 0.6 is 0 Å². The number of amides is 1. The maximum absolute atomic E-state index is 13.5. The minimum atomic E-state index is -0.851. The zero-order valence-corrected chi connectivity index (χ0v) is 22.1. The van der Waals surface area contributed by atoms with Gasteiger partial charge in [0.1, 0.15) is 0 Å². The summed E-state index contributed by atoms with van der Waals surface area (Å²) in [6.45, 7) is 4.66. The van der Waals surface area contributed by atoms with Crippen LogP contribution in [0.15, 0.2) is 66.9 Å². The van der Waals surface area contributed by atoms with E-state index in [9.17, 15) is 14.7 Å². The standard InChI is InChI=1S/C27H32N2O4.Ca.2H/c1-19(2)26-25(27(33)28-21-12-7-4-8-13-21)23(20-10-5-3-6-11-20)18-29(26)17-16-22(30)14-9-15-24(31)32;;;/h3-8,10-13,18-19,22,30H,9,14-17H2,1-2H3,(H,28,33)(H,31,32);;;/q;+2;2*-1. The fraction of sp³-hybridized carbons (Fsp3) is 0.333. The Kier molecular flexibility index (Phi) is 11.3. The van der Waals surface area contributed by atoms with Crippen LogP contribution in [0.25, 0.3) is 11.1 Å². The molecule has 0 fully saturated rings. The first kappa shape index (κ1) is 28.1. The molecule has 3 rings (SSSR count). The second-order valence-electron chi connectivity index (χ2n) is 8.57. The Morgan fingerprint density at radius 2 is 1.62 bits per heavy atom. The van der Waals surface area contributed by atoms with E-state index in [1.54, 1.807) is 0 Å². The van der Waals surface area contributed by atoms with Gasteiger partial charge in [-0.25, -0.2) is 0 Å². The predicted octanol–water partition coefficient (Wildman–Crippen LogP) is 5.38. The number of aryl methyl sites for hydroxylation is 1. The first-order valence-corrected chi connectivity index (χ1v) is 11.4. The van der Waals surface area contributed by atoms with Gasteiger partial charge >= 0.3 is 43.7 Å². The molecule has 0 spiro atoms. The van der Waals surface area contributed by atoms with Gasteiger partial charge in [0, 0.05) is 36.1 Å². The third-order valence-corrected chi connectivity index (χ3v) is 5.64. The van der Waals surface area contributed by atoms with Gasteiger partial charge in [0.15, 0.2) is 0 Å². The topological polar surface area (TPSA) is 91.6 Å². The van der Waals surface area contributed by atoms with E-state index in [2.05, 4.69) is 23.7 Å². The van der Waals surface area contributed by atoms with Crippen LogP contribution in [0.4, 0.5) is 5.69 Å². The van der Waals surface area contributed by atoms with Gasteiger partial charge in [-0.05, 0) is 42.9 Å². The van der Waals surface area contributed by atoms with Gasteiger partial charge in [0.2, 0.25) is 0 Å². The van der Waals surface area contributed by atoms with Gasteiger partial charge in [-0.2, -0.15) is 0 Å². The zero-order valence-electron chi connectivity index (χ0n) is 21.9.